The molecule has 17 heavy (non-hydrogen) atoms. The van der Waals surface area contributed by atoms with Crippen molar-refractivity contribution >= 4 is 5.91 Å². The molecule has 1 rings (SSSR count). The van der Waals surface area contributed by atoms with E-state index in [0.717, 1.165) is 51.9 Å². The fourth-order valence-corrected chi connectivity index (χ4v) is 1.99. The van der Waals surface area contributed by atoms with Crippen molar-refractivity contribution in [3.8, 4) is 0 Å². The highest BCUT2D eigenvalue weighted by Crippen LogP contribution is 2.08. The van der Waals surface area contributed by atoms with Crippen LogP contribution in [0.1, 0.15) is 39.5 Å². The van der Waals surface area contributed by atoms with E-state index in [1.165, 1.54) is 0 Å². The average molecular weight is 242 g/mol. The van der Waals surface area contributed by atoms with Crippen molar-refractivity contribution < 1.29 is 9.53 Å². The Kier molecular flexibility index (Phi) is 7.21. The molecule has 1 unspecified atom stereocenters. The lowest BCUT2D eigenvalue weighted by atomic mass is 10.3. The predicted octanol–water partition coefficient (Wildman–Crippen LogP) is 1.40. The Morgan fingerprint density at radius 1 is 1.35 bits per heavy atom. The number of hydrogen-bond acceptors (Lipinski definition) is 3. The summed E-state index contributed by atoms with van der Waals surface area (Å²) in [6.07, 6.45) is 4.58. The summed E-state index contributed by atoms with van der Waals surface area (Å²) in [6.45, 7) is 8.22. The van der Waals surface area contributed by atoms with Crippen LogP contribution in [0.2, 0.25) is 0 Å². The van der Waals surface area contributed by atoms with Gasteiger partial charge in [-0.2, -0.15) is 0 Å². The van der Waals surface area contributed by atoms with Crippen molar-refractivity contribution in [1.82, 2.24) is 10.2 Å². The molecular weight excluding hydrogens is 216 g/mol. The first-order valence-electron chi connectivity index (χ1n) is 6.85. The van der Waals surface area contributed by atoms with Gasteiger partial charge in [0.2, 0.25) is 5.91 Å². The predicted molar refractivity (Wildman–Crippen MR) is 69.0 cm³/mol. The molecule has 1 heterocycles. The lowest BCUT2D eigenvalue weighted by molar-refractivity contribution is -0.132. The first-order valence-corrected chi connectivity index (χ1v) is 6.85. The molecule has 1 aliphatic rings. The van der Waals surface area contributed by atoms with Gasteiger partial charge in [0.15, 0.2) is 0 Å². The summed E-state index contributed by atoms with van der Waals surface area (Å²) in [5, 5.41) is 3.22. The summed E-state index contributed by atoms with van der Waals surface area (Å²) < 4.78 is 5.44. The standard InChI is InChI=1S/C13H26N2O2/c1-3-4-10-17-11-7-14-12(2)13(16)15-8-5-6-9-15/h12,14H,3-11H2,1-2H3. The van der Waals surface area contributed by atoms with Gasteiger partial charge in [-0.15, -0.1) is 0 Å². The zero-order chi connectivity index (χ0) is 12.5. The van der Waals surface area contributed by atoms with Crippen LogP contribution in [-0.4, -0.2) is 49.7 Å². The Bertz CT molecular complexity index is 215. The number of nitrogens with one attached hydrogen (secondary N) is 1. The zero-order valence-electron chi connectivity index (χ0n) is 11.2. The number of likely N-dealkylation sites (tertiary alicyclic amines) is 1. The van der Waals surface area contributed by atoms with Crippen LogP contribution in [0.25, 0.3) is 0 Å². The lowest BCUT2D eigenvalue weighted by Crippen LogP contribution is -2.44. The summed E-state index contributed by atoms with van der Waals surface area (Å²) in [7, 11) is 0. The molecule has 1 atom stereocenters. The highest BCUT2D eigenvalue weighted by Gasteiger charge is 2.22. The molecule has 0 bridgehead atoms. The highest BCUT2D eigenvalue weighted by molar-refractivity contribution is 5.81. The number of amides is 1. The molecule has 0 spiro atoms. The minimum Gasteiger partial charge on any atom is -0.380 e. The molecule has 1 N–H and O–H groups in total. The third-order valence-corrected chi connectivity index (χ3v) is 3.13. The SMILES string of the molecule is CCCCOCCNC(C)C(=O)N1CCCC1. The fourth-order valence-electron chi connectivity index (χ4n) is 1.99. The van der Waals surface area contributed by atoms with Crippen LogP contribution in [0.15, 0.2) is 0 Å². The van der Waals surface area contributed by atoms with Crippen LogP contribution < -0.4 is 5.32 Å². The van der Waals surface area contributed by atoms with Crippen molar-refractivity contribution in [1.29, 1.82) is 0 Å². The number of carbonyl (C=O) groups is 1. The summed E-state index contributed by atoms with van der Waals surface area (Å²) in [5.74, 6) is 0.232. The van der Waals surface area contributed by atoms with E-state index in [1.807, 2.05) is 11.8 Å². The first kappa shape index (κ1) is 14.5. The number of carbonyl (C=O) groups excluding carboxylic acids is 1. The van der Waals surface area contributed by atoms with Crippen molar-refractivity contribution in [3.63, 3.8) is 0 Å². The molecule has 1 aliphatic heterocycles. The maximum absolute atomic E-state index is 11.9. The molecule has 100 valence electrons. The van der Waals surface area contributed by atoms with Gasteiger partial charge in [0.25, 0.3) is 0 Å². The zero-order valence-corrected chi connectivity index (χ0v) is 11.2. The van der Waals surface area contributed by atoms with Gasteiger partial charge in [0.1, 0.15) is 0 Å². The monoisotopic (exact) mass is 242 g/mol. The molecule has 0 saturated carbocycles. The highest BCUT2D eigenvalue weighted by atomic mass is 16.5. The molecule has 1 fully saturated rings. The van der Waals surface area contributed by atoms with E-state index in [9.17, 15) is 4.79 Å². The number of ether oxygens (including phenoxy) is 1. The summed E-state index contributed by atoms with van der Waals surface area (Å²) in [5.41, 5.74) is 0. The molecule has 0 aliphatic carbocycles. The van der Waals surface area contributed by atoms with Crippen LogP contribution in [0, 0.1) is 0 Å². The first-order chi connectivity index (χ1) is 8.25. The Morgan fingerprint density at radius 2 is 2.06 bits per heavy atom. The quantitative estimate of drug-likeness (QED) is 0.654. The average Bonchev–Trinajstić information content (AvgIpc) is 2.86. The minimum absolute atomic E-state index is 0.0807. The van der Waals surface area contributed by atoms with Gasteiger partial charge >= 0.3 is 0 Å². The lowest BCUT2D eigenvalue weighted by Gasteiger charge is -2.21. The summed E-state index contributed by atoms with van der Waals surface area (Å²) in [4.78, 5) is 13.9. The maximum atomic E-state index is 11.9. The van der Waals surface area contributed by atoms with Gasteiger partial charge < -0.3 is 15.0 Å². The second-order valence-electron chi connectivity index (χ2n) is 4.67. The van der Waals surface area contributed by atoms with E-state index in [4.69, 9.17) is 4.74 Å². The van der Waals surface area contributed by atoms with Gasteiger partial charge in [-0.05, 0) is 26.2 Å². The Hall–Kier alpha value is -0.610. The van der Waals surface area contributed by atoms with Crippen LogP contribution >= 0.6 is 0 Å². The van der Waals surface area contributed by atoms with Crippen LogP contribution in [0.4, 0.5) is 0 Å². The van der Waals surface area contributed by atoms with Crippen LogP contribution in [0.5, 0.6) is 0 Å². The second kappa shape index (κ2) is 8.48. The molecule has 0 radical (unpaired) electrons. The second-order valence-corrected chi connectivity index (χ2v) is 4.67. The molecule has 4 heteroatoms. The third-order valence-electron chi connectivity index (χ3n) is 3.13. The number of nitrogens with zero attached hydrogens (tertiary/aromatic N) is 1. The normalized spacial score (nSPS) is 17.4. The summed E-state index contributed by atoms with van der Waals surface area (Å²) in [6, 6.07) is -0.0807. The van der Waals surface area contributed by atoms with E-state index in [-0.39, 0.29) is 11.9 Å². The van der Waals surface area contributed by atoms with Gasteiger partial charge in [-0.25, -0.2) is 0 Å². The number of hydrogen-bond donors (Lipinski definition) is 1. The van der Waals surface area contributed by atoms with E-state index in [2.05, 4.69) is 12.2 Å². The largest absolute Gasteiger partial charge is 0.380 e. The van der Waals surface area contributed by atoms with Crippen molar-refractivity contribution in [2.45, 2.75) is 45.6 Å². The molecule has 0 aromatic carbocycles. The smallest absolute Gasteiger partial charge is 0.239 e. The van der Waals surface area contributed by atoms with Crippen LogP contribution in [-0.2, 0) is 9.53 Å². The van der Waals surface area contributed by atoms with Crippen molar-refractivity contribution in [2.75, 3.05) is 32.8 Å². The Labute approximate surface area is 105 Å². The van der Waals surface area contributed by atoms with Gasteiger partial charge in [-0.3, -0.25) is 4.79 Å². The number of unbranched alkanes of at least 4 members (excludes halogenated alkanes) is 1. The minimum atomic E-state index is -0.0807. The van der Waals surface area contributed by atoms with Crippen LogP contribution in [0.3, 0.4) is 0 Å². The molecular formula is C13H26N2O2. The molecule has 0 aromatic heterocycles. The van der Waals surface area contributed by atoms with Crippen molar-refractivity contribution in [2.24, 2.45) is 0 Å². The van der Waals surface area contributed by atoms with E-state index in [0.29, 0.717) is 6.61 Å². The van der Waals surface area contributed by atoms with Gasteiger partial charge in [0, 0.05) is 26.2 Å². The van der Waals surface area contributed by atoms with Gasteiger partial charge in [-0.1, -0.05) is 13.3 Å². The molecule has 0 aromatic rings. The number of rotatable bonds is 8. The molecule has 1 amide bonds. The van der Waals surface area contributed by atoms with Gasteiger partial charge in [0.05, 0.1) is 12.6 Å². The maximum Gasteiger partial charge on any atom is 0.239 e. The molecule has 4 nitrogen and oxygen atoms in total. The van der Waals surface area contributed by atoms with E-state index < -0.39 is 0 Å². The Morgan fingerprint density at radius 3 is 2.71 bits per heavy atom. The van der Waals surface area contributed by atoms with Crippen molar-refractivity contribution in [3.05, 3.63) is 0 Å². The molecule has 1 saturated heterocycles. The summed E-state index contributed by atoms with van der Waals surface area (Å²) >= 11 is 0. The van der Waals surface area contributed by atoms with E-state index in [1.54, 1.807) is 0 Å². The topological polar surface area (TPSA) is 41.6 Å². The fraction of sp³-hybridized carbons (Fsp3) is 0.923. The third kappa shape index (κ3) is 5.50. The van der Waals surface area contributed by atoms with E-state index >= 15 is 0 Å². The Balaban J connectivity index is 2.03.